The van der Waals surface area contributed by atoms with E-state index in [-0.39, 0.29) is 11.9 Å². The predicted octanol–water partition coefficient (Wildman–Crippen LogP) is 4.08. The van der Waals surface area contributed by atoms with Gasteiger partial charge in [-0.1, -0.05) is 56.3 Å². The van der Waals surface area contributed by atoms with Crippen molar-refractivity contribution < 1.29 is 9.59 Å². The second kappa shape index (κ2) is 7.44. The quantitative estimate of drug-likeness (QED) is 0.778. The molecule has 0 aliphatic carbocycles. The van der Waals surface area contributed by atoms with Crippen LogP contribution in [0.15, 0.2) is 65.9 Å². The molecule has 2 aromatic rings. The van der Waals surface area contributed by atoms with E-state index in [9.17, 15) is 9.59 Å². The van der Waals surface area contributed by atoms with Gasteiger partial charge in [-0.25, -0.2) is 4.79 Å². The maximum atomic E-state index is 12.9. The zero-order valence-electron chi connectivity index (χ0n) is 15.2. The summed E-state index contributed by atoms with van der Waals surface area (Å²) in [6.45, 7) is 6.00. The molecule has 0 saturated heterocycles. The number of hydrogen-bond donors (Lipinski definition) is 3. The lowest BCUT2D eigenvalue weighted by atomic mass is 9.92. The summed E-state index contributed by atoms with van der Waals surface area (Å²) in [5.74, 6) is 0.184. The number of urea groups is 1. The van der Waals surface area contributed by atoms with E-state index in [1.54, 1.807) is 6.92 Å². The van der Waals surface area contributed by atoms with Gasteiger partial charge in [0.2, 0.25) is 0 Å². The van der Waals surface area contributed by atoms with Gasteiger partial charge in [0, 0.05) is 11.4 Å². The Hall–Kier alpha value is -3.08. The van der Waals surface area contributed by atoms with E-state index in [0.717, 1.165) is 5.56 Å². The second-order valence-electron chi connectivity index (χ2n) is 6.71. The highest BCUT2D eigenvalue weighted by atomic mass is 16.2. The second-order valence-corrected chi connectivity index (χ2v) is 6.71. The standard InChI is InChI=1S/C21H23N3O2/c1-13(2)15-9-11-16(12-10-15)19-18(14(3)22-21(26)24-19)20(25)23-17-7-5-4-6-8-17/h4-13,19H,1-3H3,(H,23,25)(H2,22,24,26)/t19-/m1/s1. The molecule has 0 radical (unpaired) electrons. The molecular formula is C21H23N3O2. The Morgan fingerprint density at radius 2 is 1.69 bits per heavy atom. The van der Waals surface area contributed by atoms with Crippen LogP contribution in [0.1, 0.15) is 43.9 Å². The first kappa shape index (κ1) is 17.7. The van der Waals surface area contributed by atoms with Crippen LogP contribution in [0.5, 0.6) is 0 Å². The molecule has 26 heavy (non-hydrogen) atoms. The molecule has 3 amide bonds. The lowest BCUT2D eigenvalue weighted by Crippen LogP contribution is -2.45. The molecule has 1 heterocycles. The van der Waals surface area contributed by atoms with Gasteiger partial charge >= 0.3 is 6.03 Å². The summed E-state index contributed by atoms with van der Waals surface area (Å²) in [5.41, 5.74) is 3.86. The molecule has 1 atom stereocenters. The van der Waals surface area contributed by atoms with Gasteiger partial charge < -0.3 is 16.0 Å². The van der Waals surface area contributed by atoms with Gasteiger partial charge in [-0.2, -0.15) is 0 Å². The summed E-state index contributed by atoms with van der Waals surface area (Å²) in [7, 11) is 0. The van der Waals surface area contributed by atoms with Crippen LogP contribution < -0.4 is 16.0 Å². The van der Waals surface area contributed by atoms with Gasteiger partial charge in [-0.15, -0.1) is 0 Å². The number of amides is 3. The smallest absolute Gasteiger partial charge is 0.319 e. The van der Waals surface area contributed by atoms with Crippen molar-refractivity contribution in [1.82, 2.24) is 10.6 Å². The molecule has 1 aliphatic heterocycles. The normalized spacial score (nSPS) is 16.9. The Morgan fingerprint density at radius 3 is 2.31 bits per heavy atom. The zero-order chi connectivity index (χ0) is 18.7. The van der Waals surface area contributed by atoms with Crippen LogP contribution in [0.25, 0.3) is 0 Å². The summed E-state index contributed by atoms with van der Waals surface area (Å²) in [6, 6.07) is 16.5. The molecule has 0 fully saturated rings. The summed E-state index contributed by atoms with van der Waals surface area (Å²) >= 11 is 0. The first-order chi connectivity index (χ1) is 12.5. The number of anilines is 1. The number of carbonyl (C=O) groups excluding carboxylic acids is 2. The van der Waals surface area contributed by atoms with Crippen molar-refractivity contribution >= 4 is 17.6 Å². The van der Waals surface area contributed by atoms with Gasteiger partial charge in [0.25, 0.3) is 5.91 Å². The molecule has 134 valence electrons. The molecule has 0 unspecified atom stereocenters. The lowest BCUT2D eigenvalue weighted by Gasteiger charge is -2.29. The van der Waals surface area contributed by atoms with Crippen molar-refractivity contribution in [2.24, 2.45) is 0 Å². The highest BCUT2D eigenvalue weighted by molar-refractivity contribution is 6.06. The van der Waals surface area contributed by atoms with Crippen LogP contribution in [-0.2, 0) is 4.79 Å². The number of nitrogens with one attached hydrogen (secondary N) is 3. The molecule has 2 aromatic carbocycles. The molecule has 1 aliphatic rings. The van der Waals surface area contributed by atoms with E-state index >= 15 is 0 Å². The Morgan fingerprint density at radius 1 is 1.04 bits per heavy atom. The maximum absolute atomic E-state index is 12.9. The monoisotopic (exact) mass is 349 g/mol. The van der Waals surface area contributed by atoms with E-state index in [4.69, 9.17) is 0 Å². The summed E-state index contributed by atoms with van der Waals surface area (Å²) in [4.78, 5) is 24.9. The maximum Gasteiger partial charge on any atom is 0.319 e. The third-order valence-electron chi connectivity index (χ3n) is 4.48. The van der Waals surface area contributed by atoms with Crippen LogP contribution in [0.3, 0.4) is 0 Å². The summed E-state index contributed by atoms with van der Waals surface area (Å²) in [6.07, 6.45) is 0. The van der Waals surface area contributed by atoms with Crippen LogP contribution in [0, 0.1) is 0 Å². The van der Waals surface area contributed by atoms with E-state index < -0.39 is 6.04 Å². The van der Waals surface area contributed by atoms with Gasteiger partial charge in [0.05, 0.1) is 11.6 Å². The van der Waals surface area contributed by atoms with Gasteiger partial charge in [0.1, 0.15) is 0 Å². The fourth-order valence-corrected chi connectivity index (χ4v) is 3.04. The third-order valence-corrected chi connectivity index (χ3v) is 4.48. The number of hydrogen-bond acceptors (Lipinski definition) is 2. The molecule has 0 aromatic heterocycles. The Balaban J connectivity index is 1.92. The first-order valence-electron chi connectivity index (χ1n) is 8.70. The number of rotatable bonds is 4. The average molecular weight is 349 g/mol. The van der Waals surface area contributed by atoms with Crippen molar-refractivity contribution in [1.29, 1.82) is 0 Å². The van der Waals surface area contributed by atoms with Crippen LogP contribution >= 0.6 is 0 Å². The van der Waals surface area contributed by atoms with Crippen molar-refractivity contribution in [2.45, 2.75) is 32.7 Å². The summed E-state index contributed by atoms with van der Waals surface area (Å²) < 4.78 is 0. The largest absolute Gasteiger partial charge is 0.327 e. The zero-order valence-corrected chi connectivity index (χ0v) is 15.2. The molecule has 5 heteroatoms. The van der Waals surface area contributed by atoms with Crippen LogP contribution in [0.2, 0.25) is 0 Å². The van der Waals surface area contributed by atoms with E-state index in [0.29, 0.717) is 22.9 Å². The minimum atomic E-state index is -0.492. The SMILES string of the molecule is CC1=C(C(=O)Nc2ccccc2)[C@@H](c2ccc(C(C)C)cc2)NC(=O)N1. The van der Waals surface area contributed by atoms with Crippen LogP contribution in [-0.4, -0.2) is 11.9 Å². The van der Waals surface area contributed by atoms with Crippen molar-refractivity contribution in [3.63, 3.8) is 0 Å². The third kappa shape index (κ3) is 3.77. The van der Waals surface area contributed by atoms with Gasteiger partial charge in [-0.05, 0) is 36.1 Å². The Labute approximate surface area is 153 Å². The van der Waals surface area contributed by atoms with Crippen molar-refractivity contribution in [3.05, 3.63) is 77.0 Å². The molecule has 0 spiro atoms. The first-order valence-corrected chi connectivity index (χ1v) is 8.70. The average Bonchev–Trinajstić information content (AvgIpc) is 2.61. The molecule has 3 N–H and O–H groups in total. The van der Waals surface area contributed by atoms with Crippen molar-refractivity contribution in [3.8, 4) is 0 Å². The molecule has 5 nitrogen and oxygen atoms in total. The number of para-hydroxylation sites is 1. The van der Waals surface area contributed by atoms with Crippen molar-refractivity contribution in [2.75, 3.05) is 5.32 Å². The minimum Gasteiger partial charge on any atom is -0.327 e. The highest BCUT2D eigenvalue weighted by Crippen LogP contribution is 2.28. The molecule has 0 saturated carbocycles. The topological polar surface area (TPSA) is 70.2 Å². The van der Waals surface area contributed by atoms with E-state index in [1.807, 2.05) is 54.6 Å². The lowest BCUT2D eigenvalue weighted by molar-refractivity contribution is -0.113. The Kier molecular flexibility index (Phi) is 5.07. The van der Waals surface area contributed by atoms with E-state index in [2.05, 4.69) is 29.8 Å². The van der Waals surface area contributed by atoms with Crippen LogP contribution in [0.4, 0.5) is 10.5 Å². The molecular weight excluding hydrogens is 326 g/mol. The molecule has 3 rings (SSSR count). The molecule has 0 bridgehead atoms. The fourth-order valence-electron chi connectivity index (χ4n) is 3.04. The Bertz CT molecular complexity index is 839. The van der Waals surface area contributed by atoms with E-state index in [1.165, 1.54) is 5.56 Å². The number of allylic oxidation sites excluding steroid dienone is 1. The predicted molar refractivity (Wildman–Crippen MR) is 103 cm³/mol. The van der Waals surface area contributed by atoms with Gasteiger partial charge in [-0.3, -0.25) is 4.79 Å². The summed E-state index contributed by atoms with van der Waals surface area (Å²) in [5, 5.41) is 8.45. The number of carbonyl (C=O) groups is 2. The fraction of sp³-hybridized carbons (Fsp3) is 0.238. The minimum absolute atomic E-state index is 0.237. The number of benzene rings is 2. The van der Waals surface area contributed by atoms with Gasteiger partial charge in [0.15, 0.2) is 0 Å². The highest BCUT2D eigenvalue weighted by Gasteiger charge is 2.31.